The van der Waals surface area contributed by atoms with Crippen LogP contribution in [0.2, 0.25) is 5.02 Å². The summed E-state index contributed by atoms with van der Waals surface area (Å²) in [6, 6.07) is 21.7. The molecule has 3 aromatic rings. The van der Waals surface area contributed by atoms with E-state index in [-0.39, 0.29) is 17.0 Å². The molecule has 1 N–H and O–H groups in total. The Kier molecular flexibility index (Phi) is 6.36. The van der Waals surface area contributed by atoms with Crippen LogP contribution in [0, 0.1) is 0 Å². The molecule has 0 bridgehead atoms. The molecule has 6 heteroatoms. The first-order valence-electron chi connectivity index (χ1n) is 10.5. The molecule has 1 unspecified atom stereocenters. The summed E-state index contributed by atoms with van der Waals surface area (Å²) < 4.78 is 10.9. The van der Waals surface area contributed by atoms with E-state index in [4.69, 9.17) is 21.1 Å². The molecule has 0 aliphatic carbocycles. The van der Waals surface area contributed by atoms with Crippen LogP contribution < -0.4 is 4.74 Å². The van der Waals surface area contributed by atoms with Crippen LogP contribution in [0.5, 0.6) is 5.75 Å². The van der Waals surface area contributed by atoms with Crippen molar-refractivity contribution in [2.45, 2.75) is 32.5 Å². The molecule has 0 saturated heterocycles. The Bertz CT molecular complexity index is 1220. The van der Waals surface area contributed by atoms with Gasteiger partial charge in [0.05, 0.1) is 10.6 Å². The van der Waals surface area contributed by atoms with Gasteiger partial charge in [0.15, 0.2) is 5.70 Å². The number of aliphatic imine (C=N–C) groups is 1. The number of cyclic esters (lactones) is 1. The highest BCUT2D eigenvalue weighted by molar-refractivity contribution is 6.34. The molecule has 0 saturated carbocycles. The van der Waals surface area contributed by atoms with Gasteiger partial charge in [-0.15, -0.1) is 0 Å². The maximum absolute atomic E-state index is 12.2. The zero-order valence-corrected chi connectivity index (χ0v) is 19.3. The van der Waals surface area contributed by atoms with E-state index in [0.717, 1.165) is 5.56 Å². The number of hydrogen-bond acceptors (Lipinski definition) is 5. The van der Waals surface area contributed by atoms with E-state index >= 15 is 0 Å². The smallest absolute Gasteiger partial charge is 0.363 e. The summed E-state index contributed by atoms with van der Waals surface area (Å²) in [6.07, 6.45) is 0.535. The van der Waals surface area contributed by atoms with Crippen LogP contribution in [0.25, 0.3) is 6.08 Å². The summed E-state index contributed by atoms with van der Waals surface area (Å²) in [6.45, 7) is 6.42. The van der Waals surface area contributed by atoms with E-state index in [1.54, 1.807) is 54.6 Å². The van der Waals surface area contributed by atoms with Crippen LogP contribution in [0.1, 0.15) is 49.3 Å². The highest BCUT2D eigenvalue weighted by atomic mass is 35.5. The summed E-state index contributed by atoms with van der Waals surface area (Å²) in [5.41, 5.74) is 3.37. The van der Waals surface area contributed by atoms with E-state index in [1.807, 2.05) is 24.3 Å². The molecule has 0 spiro atoms. The zero-order chi connectivity index (χ0) is 23.6. The molecule has 1 heterocycles. The summed E-state index contributed by atoms with van der Waals surface area (Å²) >= 11 is 6.16. The summed E-state index contributed by atoms with van der Waals surface area (Å²) in [7, 11) is 0. The van der Waals surface area contributed by atoms with Gasteiger partial charge in [-0.05, 0) is 46.9 Å². The lowest BCUT2D eigenvalue weighted by Crippen LogP contribution is -2.12. The highest BCUT2D eigenvalue weighted by Gasteiger charge is 2.25. The molecule has 0 amide bonds. The molecule has 3 aromatic carbocycles. The third-order valence-corrected chi connectivity index (χ3v) is 5.55. The Morgan fingerprint density at radius 3 is 2.30 bits per heavy atom. The van der Waals surface area contributed by atoms with Crippen molar-refractivity contribution in [3.63, 3.8) is 0 Å². The van der Waals surface area contributed by atoms with Crippen LogP contribution in [-0.2, 0) is 14.9 Å². The van der Waals surface area contributed by atoms with Crippen LogP contribution >= 0.6 is 11.6 Å². The van der Waals surface area contributed by atoms with Crippen molar-refractivity contribution >= 4 is 29.5 Å². The van der Waals surface area contributed by atoms with Crippen LogP contribution in [-0.4, -0.2) is 17.0 Å². The van der Waals surface area contributed by atoms with Crippen LogP contribution in [0.15, 0.2) is 83.5 Å². The number of benzene rings is 3. The van der Waals surface area contributed by atoms with Gasteiger partial charge >= 0.3 is 5.97 Å². The van der Waals surface area contributed by atoms with Crippen molar-refractivity contribution in [1.82, 2.24) is 0 Å². The largest absolute Gasteiger partial charge is 0.461 e. The monoisotopic (exact) mass is 461 g/mol. The molecule has 0 radical (unpaired) electrons. The Hall–Kier alpha value is -3.41. The standard InChI is InChI=1S/C27H24ClNO4/c1-27(2,3)19-12-10-18(11-13-19)25(30)32-20-14-8-17(9-15-20)16-23-26(31)33-24(29-23)21-6-4-5-7-22(21)28/h4-16,25,30H,1-3H3/b23-16-. The summed E-state index contributed by atoms with van der Waals surface area (Å²) in [5, 5.41) is 10.9. The third-order valence-electron chi connectivity index (χ3n) is 5.22. The second-order valence-electron chi connectivity index (χ2n) is 8.73. The van der Waals surface area contributed by atoms with E-state index < -0.39 is 12.3 Å². The molecule has 4 rings (SSSR count). The quantitative estimate of drug-likeness (QED) is 0.285. The lowest BCUT2D eigenvalue weighted by molar-refractivity contribution is -0.129. The number of carbonyl (C=O) groups excluding carboxylic acids is 1. The van der Waals surface area contributed by atoms with Gasteiger partial charge in [0.2, 0.25) is 12.2 Å². The Labute approximate surface area is 198 Å². The van der Waals surface area contributed by atoms with E-state index in [0.29, 0.717) is 21.9 Å². The topological polar surface area (TPSA) is 68.1 Å². The predicted octanol–water partition coefficient (Wildman–Crippen LogP) is 6.05. The number of ether oxygens (including phenoxy) is 2. The maximum Gasteiger partial charge on any atom is 0.363 e. The second-order valence-corrected chi connectivity index (χ2v) is 9.13. The van der Waals surface area contributed by atoms with Gasteiger partial charge in [0, 0.05) is 5.56 Å². The molecule has 5 nitrogen and oxygen atoms in total. The van der Waals surface area contributed by atoms with Gasteiger partial charge in [-0.3, -0.25) is 0 Å². The molecule has 33 heavy (non-hydrogen) atoms. The second kappa shape index (κ2) is 9.22. The van der Waals surface area contributed by atoms with Crippen molar-refractivity contribution in [2.75, 3.05) is 0 Å². The third kappa shape index (κ3) is 5.33. The van der Waals surface area contributed by atoms with Crippen molar-refractivity contribution in [2.24, 2.45) is 4.99 Å². The fraction of sp³-hybridized carbons (Fsp3) is 0.185. The molecule has 0 aromatic heterocycles. The van der Waals surface area contributed by atoms with Crippen molar-refractivity contribution in [3.05, 3.63) is 106 Å². The lowest BCUT2D eigenvalue weighted by atomic mass is 9.87. The first-order chi connectivity index (χ1) is 15.7. The lowest BCUT2D eigenvalue weighted by Gasteiger charge is -2.20. The van der Waals surface area contributed by atoms with E-state index in [1.165, 1.54) is 5.56 Å². The molecule has 1 aliphatic rings. The number of aliphatic hydroxyl groups is 1. The van der Waals surface area contributed by atoms with Crippen LogP contribution in [0.4, 0.5) is 0 Å². The maximum atomic E-state index is 12.2. The zero-order valence-electron chi connectivity index (χ0n) is 18.6. The van der Waals surface area contributed by atoms with Crippen LogP contribution in [0.3, 0.4) is 0 Å². The molecule has 168 valence electrons. The van der Waals surface area contributed by atoms with Gasteiger partial charge in [-0.2, -0.15) is 0 Å². The Morgan fingerprint density at radius 2 is 1.67 bits per heavy atom. The van der Waals surface area contributed by atoms with Gasteiger partial charge in [-0.1, -0.05) is 80.9 Å². The number of aliphatic hydroxyl groups excluding tert-OH is 1. The number of carbonyl (C=O) groups is 1. The van der Waals surface area contributed by atoms with Crippen molar-refractivity contribution in [3.8, 4) is 5.75 Å². The normalized spacial score (nSPS) is 15.8. The van der Waals surface area contributed by atoms with E-state index in [9.17, 15) is 9.90 Å². The predicted molar refractivity (Wildman–Crippen MR) is 129 cm³/mol. The molecule has 1 aliphatic heterocycles. The molecular weight excluding hydrogens is 438 g/mol. The minimum absolute atomic E-state index is 0.0403. The first-order valence-corrected chi connectivity index (χ1v) is 10.9. The summed E-state index contributed by atoms with van der Waals surface area (Å²) in [4.78, 5) is 16.5. The minimum atomic E-state index is -1.09. The number of esters is 1. The van der Waals surface area contributed by atoms with Gasteiger partial charge in [-0.25, -0.2) is 9.79 Å². The number of rotatable bonds is 5. The average Bonchev–Trinajstić information content (AvgIpc) is 3.14. The van der Waals surface area contributed by atoms with Gasteiger partial charge < -0.3 is 14.6 Å². The van der Waals surface area contributed by atoms with E-state index in [2.05, 4.69) is 25.8 Å². The number of hydrogen-bond donors (Lipinski definition) is 1. The SMILES string of the molecule is CC(C)(C)c1ccc(C(O)Oc2ccc(/C=C3\N=C(c4ccccc4Cl)OC3=O)cc2)cc1. The Morgan fingerprint density at radius 1 is 1.00 bits per heavy atom. The number of halogens is 1. The van der Waals surface area contributed by atoms with Crippen molar-refractivity contribution < 1.29 is 19.4 Å². The molecule has 1 atom stereocenters. The average molecular weight is 462 g/mol. The molecule has 0 fully saturated rings. The first kappa shape index (κ1) is 22.8. The molecular formula is C27H24ClNO4. The van der Waals surface area contributed by atoms with Gasteiger partial charge in [0.1, 0.15) is 5.75 Å². The fourth-order valence-corrected chi connectivity index (χ4v) is 3.52. The fourth-order valence-electron chi connectivity index (χ4n) is 3.30. The minimum Gasteiger partial charge on any atom is -0.461 e. The Balaban J connectivity index is 1.45. The highest BCUT2D eigenvalue weighted by Crippen LogP contribution is 2.27. The van der Waals surface area contributed by atoms with Gasteiger partial charge in [0.25, 0.3) is 0 Å². The number of nitrogens with zero attached hydrogens (tertiary/aromatic N) is 1. The van der Waals surface area contributed by atoms with Crippen molar-refractivity contribution in [1.29, 1.82) is 0 Å². The summed E-state index contributed by atoms with van der Waals surface area (Å²) in [5.74, 6) is 0.135.